The van der Waals surface area contributed by atoms with Crippen molar-refractivity contribution in [1.82, 2.24) is 4.90 Å². The Morgan fingerprint density at radius 3 is 2.90 bits per heavy atom. The van der Waals surface area contributed by atoms with Gasteiger partial charge in [-0.25, -0.2) is 4.79 Å². The number of nitriles is 1. The van der Waals surface area contributed by atoms with Gasteiger partial charge in [-0.3, -0.25) is 0 Å². The van der Waals surface area contributed by atoms with Crippen molar-refractivity contribution in [1.29, 1.82) is 5.26 Å². The smallest absolute Gasteiger partial charge is 0.321 e. The van der Waals surface area contributed by atoms with Crippen molar-refractivity contribution in [3.8, 4) is 6.07 Å². The van der Waals surface area contributed by atoms with Gasteiger partial charge in [0.2, 0.25) is 0 Å². The lowest BCUT2D eigenvalue weighted by Gasteiger charge is -2.22. The van der Waals surface area contributed by atoms with E-state index in [4.69, 9.17) is 15.7 Å². The van der Waals surface area contributed by atoms with Crippen molar-refractivity contribution >= 4 is 11.7 Å². The number of nitrogens with two attached hydrogens (primary N) is 1. The molecule has 0 aliphatic carbocycles. The van der Waals surface area contributed by atoms with Crippen LogP contribution in [0, 0.1) is 11.3 Å². The number of carbonyl (C=O) groups excluding carboxylic acids is 1. The van der Waals surface area contributed by atoms with E-state index < -0.39 is 0 Å². The maximum atomic E-state index is 12.2. The second-order valence-electron chi connectivity index (χ2n) is 4.73. The Labute approximate surface area is 125 Å². The Hall–Kier alpha value is -2.10. The lowest BCUT2D eigenvalue weighted by atomic mass is 10.1. The van der Waals surface area contributed by atoms with Crippen LogP contribution in [0.5, 0.6) is 0 Å². The molecule has 0 bridgehead atoms. The van der Waals surface area contributed by atoms with E-state index in [9.17, 15) is 4.79 Å². The average molecular weight is 290 g/mol. The number of anilines is 1. The number of amides is 2. The molecule has 1 aromatic carbocycles. The van der Waals surface area contributed by atoms with Gasteiger partial charge in [0.15, 0.2) is 0 Å². The molecule has 0 fully saturated rings. The first kappa shape index (κ1) is 17.0. The quantitative estimate of drug-likeness (QED) is 0.804. The topological polar surface area (TPSA) is 91.4 Å². The van der Waals surface area contributed by atoms with Gasteiger partial charge in [-0.15, -0.1) is 0 Å². The summed E-state index contributed by atoms with van der Waals surface area (Å²) in [5.41, 5.74) is 7.47. The molecular weight excluding hydrogens is 268 g/mol. The summed E-state index contributed by atoms with van der Waals surface area (Å²) in [5, 5.41) is 11.5. The molecule has 6 nitrogen and oxygen atoms in total. The molecule has 3 N–H and O–H groups in total. The fourth-order valence-corrected chi connectivity index (χ4v) is 1.80. The number of rotatable bonds is 7. The molecule has 21 heavy (non-hydrogen) atoms. The Morgan fingerprint density at radius 1 is 1.52 bits per heavy atom. The molecule has 0 aromatic heterocycles. The zero-order chi connectivity index (χ0) is 15.7. The summed E-state index contributed by atoms with van der Waals surface area (Å²) in [5.74, 6) is 0. The van der Waals surface area contributed by atoms with Gasteiger partial charge in [-0.1, -0.05) is 12.1 Å². The Bertz CT molecular complexity index is 497. The third-order valence-corrected chi connectivity index (χ3v) is 3.01. The van der Waals surface area contributed by atoms with Gasteiger partial charge in [-0.05, 0) is 24.6 Å². The Morgan fingerprint density at radius 2 is 2.29 bits per heavy atom. The van der Waals surface area contributed by atoms with Crippen molar-refractivity contribution in [2.24, 2.45) is 5.73 Å². The molecule has 1 unspecified atom stereocenters. The largest absolute Gasteiger partial charge is 0.383 e. The van der Waals surface area contributed by atoms with Gasteiger partial charge >= 0.3 is 6.03 Å². The van der Waals surface area contributed by atoms with Gasteiger partial charge in [0.25, 0.3) is 0 Å². The maximum absolute atomic E-state index is 12.2. The Kier molecular flexibility index (Phi) is 7.23. The SMILES string of the molecule is COCCN(CCC#N)C(=O)Nc1cccc(C(C)N)c1. The number of nitrogens with one attached hydrogen (secondary N) is 1. The molecule has 0 spiro atoms. The zero-order valence-electron chi connectivity index (χ0n) is 12.5. The summed E-state index contributed by atoms with van der Waals surface area (Å²) in [6, 6.07) is 9.12. The molecule has 1 atom stereocenters. The van der Waals surface area contributed by atoms with Gasteiger partial charge in [0.1, 0.15) is 0 Å². The fourth-order valence-electron chi connectivity index (χ4n) is 1.80. The summed E-state index contributed by atoms with van der Waals surface area (Å²) in [4.78, 5) is 13.8. The molecule has 1 aromatic rings. The van der Waals surface area contributed by atoms with Crippen molar-refractivity contribution in [2.75, 3.05) is 32.1 Å². The normalized spacial score (nSPS) is 11.5. The van der Waals surface area contributed by atoms with Crippen LogP contribution < -0.4 is 11.1 Å². The first-order chi connectivity index (χ1) is 10.1. The van der Waals surface area contributed by atoms with Crippen molar-refractivity contribution < 1.29 is 9.53 Å². The average Bonchev–Trinajstić information content (AvgIpc) is 2.47. The molecule has 6 heteroatoms. The minimum Gasteiger partial charge on any atom is -0.383 e. The second-order valence-corrected chi connectivity index (χ2v) is 4.73. The number of ether oxygens (including phenoxy) is 1. The van der Waals surface area contributed by atoms with Crippen LogP contribution in [0.3, 0.4) is 0 Å². The molecule has 0 heterocycles. The highest BCUT2D eigenvalue weighted by Crippen LogP contribution is 2.16. The molecule has 2 amide bonds. The van der Waals surface area contributed by atoms with Gasteiger partial charge in [0, 0.05) is 31.9 Å². The molecule has 0 radical (unpaired) electrons. The predicted octanol–water partition coefficient (Wildman–Crippen LogP) is 2.10. The molecule has 1 rings (SSSR count). The second kappa shape index (κ2) is 8.95. The van der Waals surface area contributed by atoms with E-state index in [1.807, 2.05) is 37.3 Å². The van der Waals surface area contributed by atoms with Gasteiger partial charge < -0.3 is 20.7 Å². The number of methoxy groups -OCH3 is 1. The van der Waals surface area contributed by atoms with Crippen LogP contribution in [0.25, 0.3) is 0 Å². The van der Waals surface area contributed by atoms with E-state index >= 15 is 0 Å². The number of nitrogens with zero attached hydrogens (tertiary/aromatic N) is 2. The first-order valence-electron chi connectivity index (χ1n) is 6.85. The van der Waals surface area contributed by atoms with Gasteiger partial charge in [0.05, 0.1) is 19.1 Å². The molecule has 0 aliphatic heterocycles. The van der Waals surface area contributed by atoms with E-state index in [1.165, 1.54) is 0 Å². The standard InChI is InChI=1S/C15H22N4O2/c1-12(17)13-5-3-6-14(11-13)18-15(20)19(8-4-7-16)9-10-21-2/h3,5-6,11-12H,4,8-10,17H2,1-2H3,(H,18,20). The number of benzene rings is 1. The lowest BCUT2D eigenvalue weighted by molar-refractivity contribution is 0.156. The zero-order valence-corrected chi connectivity index (χ0v) is 12.5. The highest BCUT2D eigenvalue weighted by atomic mass is 16.5. The van der Waals surface area contributed by atoms with E-state index in [0.29, 0.717) is 25.4 Å². The third kappa shape index (κ3) is 5.81. The predicted molar refractivity (Wildman–Crippen MR) is 81.7 cm³/mol. The van der Waals surface area contributed by atoms with Crippen LogP contribution in [0.1, 0.15) is 24.9 Å². The highest BCUT2D eigenvalue weighted by Gasteiger charge is 2.13. The van der Waals surface area contributed by atoms with E-state index in [2.05, 4.69) is 5.32 Å². The fraction of sp³-hybridized carbons (Fsp3) is 0.467. The lowest BCUT2D eigenvalue weighted by Crippen LogP contribution is -2.38. The van der Waals surface area contributed by atoms with Crippen LogP contribution in [0.15, 0.2) is 24.3 Å². The number of hydrogen-bond donors (Lipinski definition) is 2. The van der Waals surface area contributed by atoms with Crippen molar-refractivity contribution in [3.05, 3.63) is 29.8 Å². The molecule has 0 saturated heterocycles. The van der Waals surface area contributed by atoms with Crippen LogP contribution in [0.4, 0.5) is 10.5 Å². The van der Waals surface area contributed by atoms with E-state index in [-0.39, 0.29) is 18.5 Å². The van der Waals surface area contributed by atoms with E-state index in [0.717, 1.165) is 5.56 Å². The summed E-state index contributed by atoms with van der Waals surface area (Å²) in [6.07, 6.45) is 0.289. The van der Waals surface area contributed by atoms with Crippen LogP contribution in [-0.2, 0) is 4.74 Å². The third-order valence-electron chi connectivity index (χ3n) is 3.01. The summed E-state index contributed by atoms with van der Waals surface area (Å²) in [6.45, 7) is 3.13. The number of urea groups is 1. The van der Waals surface area contributed by atoms with E-state index in [1.54, 1.807) is 12.0 Å². The number of carbonyl (C=O) groups is 1. The first-order valence-corrected chi connectivity index (χ1v) is 6.85. The summed E-state index contributed by atoms with van der Waals surface area (Å²) in [7, 11) is 1.58. The van der Waals surface area contributed by atoms with Crippen molar-refractivity contribution in [2.45, 2.75) is 19.4 Å². The monoisotopic (exact) mass is 290 g/mol. The minimum absolute atomic E-state index is 0.0926. The van der Waals surface area contributed by atoms with Crippen LogP contribution in [0.2, 0.25) is 0 Å². The van der Waals surface area contributed by atoms with Crippen molar-refractivity contribution in [3.63, 3.8) is 0 Å². The molecule has 0 aliphatic rings. The van der Waals surface area contributed by atoms with Crippen LogP contribution in [-0.4, -0.2) is 37.7 Å². The maximum Gasteiger partial charge on any atom is 0.321 e. The molecular formula is C15H22N4O2. The van der Waals surface area contributed by atoms with Crippen LogP contribution >= 0.6 is 0 Å². The number of hydrogen-bond acceptors (Lipinski definition) is 4. The molecule has 114 valence electrons. The molecule has 0 saturated carbocycles. The minimum atomic E-state index is -0.246. The summed E-state index contributed by atoms with van der Waals surface area (Å²) >= 11 is 0. The Balaban J connectivity index is 2.71. The summed E-state index contributed by atoms with van der Waals surface area (Å²) < 4.78 is 4.98. The highest BCUT2D eigenvalue weighted by molar-refractivity contribution is 5.89. The van der Waals surface area contributed by atoms with Gasteiger partial charge in [-0.2, -0.15) is 5.26 Å².